The average molecular weight is 382 g/mol. The van der Waals surface area contributed by atoms with E-state index in [0.717, 1.165) is 47.2 Å². The predicted molar refractivity (Wildman–Crippen MR) is 106 cm³/mol. The van der Waals surface area contributed by atoms with Crippen LogP contribution in [0.25, 0.3) is 10.9 Å². The van der Waals surface area contributed by atoms with E-state index in [0.29, 0.717) is 18.4 Å². The molecule has 1 saturated carbocycles. The summed E-state index contributed by atoms with van der Waals surface area (Å²) in [6.45, 7) is 4.31. The lowest BCUT2D eigenvalue weighted by Crippen LogP contribution is -2.30. The number of halogens is 2. The maximum absolute atomic E-state index is 13.1. The Balaban J connectivity index is 0.00000113. The molecule has 2 heterocycles. The van der Waals surface area contributed by atoms with Gasteiger partial charge in [-0.1, -0.05) is 11.6 Å². The molecule has 1 amide bonds. The van der Waals surface area contributed by atoms with Gasteiger partial charge in [0, 0.05) is 30.1 Å². The van der Waals surface area contributed by atoms with E-state index in [1.54, 1.807) is 0 Å². The fourth-order valence-corrected chi connectivity index (χ4v) is 3.51. The molecule has 0 bridgehead atoms. The van der Waals surface area contributed by atoms with E-state index in [4.69, 9.17) is 10.7 Å². The molecule has 1 aliphatic heterocycles. The largest absolute Gasteiger partial charge is 0.338 e. The van der Waals surface area contributed by atoms with Crippen LogP contribution in [0, 0.1) is 12.8 Å². The van der Waals surface area contributed by atoms with Crippen LogP contribution in [0.15, 0.2) is 24.3 Å². The molecular formula is C19H25Cl2N3O. The van der Waals surface area contributed by atoms with Crippen molar-refractivity contribution in [2.75, 3.05) is 19.6 Å². The molecule has 1 aromatic carbocycles. The summed E-state index contributed by atoms with van der Waals surface area (Å²) in [5.74, 6) is 1.13. The van der Waals surface area contributed by atoms with Gasteiger partial charge in [-0.25, -0.2) is 0 Å². The fourth-order valence-electron chi connectivity index (χ4n) is 3.51. The van der Waals surface area contributed by atoms with E-state index < -0.39 is 0 Å². The zero-order valence-corrected chi connectivity index (χ0v) is 16.0. The van der Waals surface area contributed by atoms with E-state index in [-0.39, 0.29) is 30.7 Å². The van der Waals surface area contributed by atoms with E-state index in [1.165, 1.54) is 12.8 Å². The minimum atomic E-state index is 0. The van der Waals surface area contributed by atoms with E-state index in [1.807, 2.05) is 17.0 Å². The Morgan fingerprint density at radius 3 is 2.64 bits per heavy atom. The number of carbonyl (C=O) groups is 1. The van der Waals surface area contributed by atoms with Gasteiger partial charge in [-0.3, -0.25) is 9.78 Å². The van der Waals surface area contributed by atoms with Gasteiger partial charge in [0.1, 0.15) is 0 Å². The number of hydrogen-bond donors (Lipinski definition) is 1. The lowest BCUT2D eigenvalue weighted by molar-refractivity contribution is 0.0789. The maximum atomic E-state index is 13.1. The molecule has 2 N–H and O–H groups in total. The maximum Gasteiger partial charge on any atom is 0.254 e. The van der Waals surface area contributed by atoms with Crippen LogP contribution in [0.4, 0.5) is 0 Å². The number of fused-ring (bicyclic) bond motifs is 1. The topological polar surface area (TPSA) is 59.2 Å². The summed E-state index contributed by atoms with van der Waals surface area (Å²) < 4.78 is 0. The van der Waals surface area contributed by atoms with Gasteiger partial charge >= 0.3 is 0 Å². The van der Waals surface area contributed by atoms with Crippen LogP contribution in [0.3, 0.4) is 0 Å². The normalized spacial score (nSPS) is 19.4. The first-order valence-electron chi connectivity index (χ1n) is 8.56. The molecule has 1 atom stereocenters. The number of rotatable bonds is 3. The van der Waals surface area contributed by atoms with Crippen LogP contribution >= 0.6 is 24.8 Å². The summed E-state index contributed by atoms with van der Waals surface area (Å²) >= 11 is 0. The number of pyridine rings is 1. The second-order valence-electron chi connectivity index (χ2n) is 7.03. The highest BCUT2D eigenvalue weighted by atomic mass is 35.5. The van der Waals surface area contributed by atoms with Crippen LogP contribution in [-0.2, 0) is 0 Å². The van der Waals surface area contributed by atoms with Gasteiger partial charge in [0.05, 0.1) is 11.1 Å². The molecule has 1 aromatic heterocycles. The van der Waals surface area contributed by atoms with Crippen molar-refractivity contribution in [2.24, 2.45) is 11.7 Å². The molecule has 1 saturated heterocycles. The summed E-state index contributed by atoms with van der Waals surface area (Å²) in [6, 6.07) is 8.24. The first-order chi connectivity index (χ1) is 11.2. The van der Waals surface area contributed by atoms with Crippen molar-refractivity contribution in [1.29, 1.82) is 0 Å². The number of benzene rings is 1. The SMILES string of the molecule is Cc1ccc2nc(C3CC3)cc(C(=O)N3CCC(CN)C3)c2c1.Cl.Cl. The number of hydrogen-bond acceptors (Lipinski definition) is 3. The van der Waals surface area contributed by atoms with Crippen LogP contribution in [0.2, 0.25) is 0 Å². The summed E-state index contributed by atoms with van der Waals surface area (Å²) in [4.78, 5) is 19.8. The van der Waals surface area contributed by atoms with Crippen molar-refractivity contribution in [1.82, 2.24) is 9.88 Å². The highest BCUT2D eigenvalue weighted by molar-refractivity contribution is 6.06. The third-order valence-corrected chi connectivity index (χ3v) is 5.12. The first kappa shape index (κ1) is 20.0. The molecule has 2 fully saturated rings. The average Bonchev–Trinajstić information content (AvgIpc) is 3.30. The minimum Gasteiger partial charge on any atom is -0.338 e. The zero-order valence-electron chi connectivity index (χ0n) is 14.4. The standard InChI is InChI=1S/C19H23N3O.2ClH/c1-12-2-5-17-15(8-12)16(9-18(21-17)14-3-4-14)19(23)22-7-6-13(10-20)11-22;;/h2,5,8-9,13-14H,3-4,6-7,10-11,20H2,1H3;2*1H. The molecule has 1 aliphatic carbocycles. The third kappa shape index (κ3) is 3.91. The van der Waals surface area contributed by atoms with Crippen molar-refractivity contribution >= 4 is 41.6 Å². The van der Waals surface area contributed by atoms with Crippen LogP contribution in [0.5, 0.6) is 0 Å². The molecule has 136 valence electrons. The van der Waals surface area contributed by atoms with Crippen LogP contribution in [-0.4, -0.2) is 35.4 Å². The van der Waals surface area contributed by atoms with Gasteiger partial charge in [0.2, 0.25) is 0 Å². The smallest absolute Gasteiger partial charge is 0.254 e. The van der Waals surface area contributed by atoms with Gasteiger partial charge < -0.3 is 10.6 Å². The Hall–Kier alpha value is -1.36. The quantitative estimate of drug-likeness (QED) is 0.881. The van der Waals surface area contributed by atoms with Gasteiger partial charge in [-0.2, -0.15) is 0 Å². The molecule has 4 nitrogen and oxygen atoms in total. The lowest BCUT2D eigenvalue weighted by Gasteiger charge is -2.18. The summed E-state index contributed by atoms with van der Waals surface area (Å²) in [5, 5.41) is 0.982. The highest BCUT2D eigenvalue weighted by Gasteiger charge is 2.30. The number of aryl methyl sites for hydroxylation is 1. The number of aromatic nitrogens is 1. The molecule has 2 aliphatic rings. The second kappa shape index (κ2) is 7.90. The number of amides is 1. The monoisotopic (exact) mass is 381 g/mol. The third-order valence-electron chi connectivity index (χ3n) is 5.12. The van der Waals surface area contributed by atoms with Crippen molar-refractivity contribution in [3.05, 3.63) is 41.1 Å². The number of carbonyl (C=O) groups excluding carboxylic acids is 1. The van der Waals surface area contributed by atoms with E-state index >= 15 is 0 Å². The molecule has 6 heteroatoms. The van der Waals surface area contributed by atoms with E-state index in [2.05, 4.69) is 19.1 Å². The Kier molecular flexibility index (Phi) is 6.30. The number of likely N-dealkylation sites (tertiary alicyclic amines) is 1. The van der Waals surface area contributed by atoms with Gasteiger partial charge in [0.25, 0.3) is 5.91 Å². The molecule has 0 spiro atoms. The molecule has 25 heavy (non-hydrogen) atoms. The summed E-state index contributed by atoms with van der Waals surface area (Å²) in [6.07, 6.45) is 3.40. The molecule has 2 aromatic rings. The molecule has 1 unspecified atom stereocenters. The Labute approximate surface area is 161 Å². The number of nitrogens with zero attached hydrogens (tertiary/aromatic N) is 2. The van der Waals surface area contributed by atoms with Crippen LogP contribution < -0.4 is 5.73 Å². The Morgan fingerprint density at radius 2 is 2.00 bits per heavy atom. The van der Waals surface area contributed by atoms with Gasteiger partial charge in [-0.05, 0) is 56.8 Å². The van der Waals surface area contributed by atoms with E-state index in [9.17, 15) is 4.79 Å². The summed E-state index contributed by atoms with van der Waals surface area (Å²) in [5.41, 5.74) is 9.77. The van der Waals surface area contributed by atoms with Gasteiger partial charge in [-0.15, -0.1) is 24.8 Å². The van der Waals surface area contributed by atoms with Crippen molar-refractivity contribution in [3.63, 3.8) is 0 Å². The van der Waals surface area contributed by atoms with Gasteiger partial charge in [0.15, 0.2) is 0 Å². The minimum absolute atomic E-state index is 0. The zero-order chi connectivity index (χ0) is 16.0. The summed E-state index contributed by atoms with van der Waals surface area (Å²) in [7, 11) is 0. The fraction of sp³-hybridized carbons (Fsp3) is 0.474. The molecular weight excluding hydrogens is 357 g/mol. The van der Waals surface area contributed by atoms with Crippen molar-refractivity contribution in [2.45, 2.75) is 32.1 Å². The molecule has 4 rings (SSSR count). The Bertz CT molecular complexity index is 777. The molecule has 0 radical (unpaired) electrons. The van der Waals surface area contributed by atoms with Crippen molar-refractivity contribution < 1.29 is 4.79 Å². The Morgan fingerprint density at radius 1 is 1.24 bits per heavy atom. The van der Waals surface area contributed by atoms with Crippen molar-refractivity contribution in [3.8, 4) is 0 Å². The van der Waals surface area contributed by atoms with Crippen LogP contribution in [0.1, 0.15) is 46.8 Å². The lowest BCUT2D eigenvalue weighted by atomic mass is 10.0. The highest BCUT2D eigenvalue weighted by Crippen LogP contribution is 2.40. The number of nitrogens with two attached hydrogens (primary N) is 1. The first-order valence-corrected chi connectivity index (χ1v) is 8.56. The second-order valence-corrected chi connectivity index (χ2v) is 7.03. The predicted octanol–water partition coefficient (Wildman–Crippen LogP) is 3.69.